The Morgan fingerprint density at radius 1 is 1.44 bits per heavy atom. The summed E-state index contributed by atoms with van der Waals surface area (Å²) in [5.41, 5.74) is 7.62. The smallest absolute Gasteiger partial charge is 0.144 e. The van der Waals surface area contributed by atoms with Crippen molar-refractivity contribution in [1.82, 2.24) is 0 Å². The van der Waals surface area contributed by atoms with Crippen LogP contribution in [0.5, 0.6) is 5.75 Å². The number of anilines is 2. The lowest BCUT2D eigenvalue weighted by molar-refractivity contribution is 0.102. The minimum atomic E-state index is 0.378. The Labute approximate surface area is 107 Å². The van der Waals surface area contributed by atoms with Crippen LogP contribution >= 0.6 is 0 Å². The van der Waals surface area contributed by atoms with Gasteiger partial charge in [-0.05, 0) is 38.3 Å². The molecule has 4 heteroatoms. The summed E-state index contributed by atoms with van der Waals surface area (Å²) >= 11 is 0. The van der Waals surface area contributed by atoms with Gasteiger partial charge in [-0.2, -0.15) is 0 Å². The molecule has 2 saturated heterocycles. The fourth-order valence-electron chi connectivity index (χ4n) is 2.91. The van der Waals surface area contributed by atoms with Crippen LogP contribution in [0.3, 0.4) is 0 Å². The standard InChI is InChI=1S/C14H20N2O2/c1-2-17-14-7-9(3-5-11(14)15)16-12-8-10-4-6-13(12)18-10/h3,5,7,10,12-13,16H,2,4,6,8,15H2,1H3. The molecule has 0 saturated carbocycles. The van der Waals surface area contributed by atoms with Gasteiger partial charge in [0.25, 0.3) is 0 Å². The Morgan fingerprint density at radius 3 is 3.00 bits per heavy atom. The number of nitrogens with two attached hydrogens (primary N) is 1. The predicted octanol–water partition coefficient (Wildman–Crippen LogP) is 2.40. The second-order valence-corrected chi connectivity index (χ2v) is 5.05. The molecule has 2 aliphatic rings. The molecule has 3 atom stereocenters. The second kappa shape index (κ2) is 4.69. The van der Waals surface area contributed by atoms with Gasteiger partial charge in [-0.25, -0.2) is 0 Å². The first-order valence-electron chi connectivity index (χ1n) is 6.70. The van der Waals surface area contributed by atoms with Crippen LogP contribution in [0.1, 0.15) is 26.2 Å². The highest BCUT2D eigenvalue weighted by atomic mass is 16.5. The average Bonchev–Trinajstić information content (AvgIpc) is 2.96. The molecule has 98 valence electrons. The van der Waals surface area contributed by atoms with E-state index in [2.05, 4.69) is 5.32 Å². The normalized spacial score (nSPS) is 29.5. The van der Waals surface area contributed by atoms with Crippen LogP contribution in [0.25, 0.3) is 0 Å². The molecule has 2 heterocycles. The van der Waals surface area contributed by atoms with Crippen LogP contribution in [0.2, 0.25) is 0 Å². The first kappa shape index (κ1) is 11.7. The van der Waals surface area contributed by atoms with Gasteiger partial charge in [-0.1, -0.05) is 0 Å². The predicted molar refractivity (Wildman–Crippen MR) is 71.9 cm³/mol. The summed E-state index contributed by atoms with van der Waals surface area (Å²) in [6.07, 6.45) is 4.35. The highest BCUT2D eigenvalue weighted by molar-refractivity contribution is 5.61. The number of hydrogen-bond donors (Lipinski definition) is 2. The molecular weight excluding hydrogens is 228 g/mol. The maximum atomic E-state index is 5.87. The number of fused-ring (bicyclic) bond motifs is 2. The van der Waals surface area contributed by atoms with Crippen LogP contribution in [0, 0.1) is 0 Å². The quantitative estimate of drug-likeness (QED) is 0.803. The number of hydrogen-bond acceptors (Lipinski definition) is 4. The average molecular weight is 248 g/mol. The molecule has 18 heavy (non-hydrogen) atoms. The Kier molecular flexibility index (Phi) is 3.04. The van der Waals surface area contributed by atoms with Crippen molar-refractivity contribution < 1.29 is 9.47 Å². The van der Waals surface area contributed by atoms with Gasteiger partial charge in [0.15, 0.2) is 0 Å². The van der Waals surface area contributed by atoms with Crippen molar-refractivity contribution in [3.05, 3.63) is 18.2 Å². The topological polar surface area (TPSA) is 56.5 Å². The molecule has 0 spiro atoms. The molecule has 3 rings (SSSR count). The molecule has 3 N–H and O–H groups in total. The largest absolute Gasteiger partial charge is 0.492 e. The van der Waals surface area contributed by atoms with E-state index >= 15 is 0 Å². The number of nitrogen functional groups attached to an aromatic ring is 1. The van der Waals surface area contributed by atoms with Gasteiger partial charge < -0.3 is 20.5 Å². The summed E-state index contributed by atoms with van der Waals surface area (Å²) in [5.74, 6) is 0.756. The zero-order valence-electron chi connectivity index (χ0n) is 10.7. The Bertz CT molecular complexity index is 436. The SMILES string of the molecule is CCOc1cc(NC2CC3CCC2O3)ccc1N. The Hall–Kier alpha value is -1.42. The number of rotatable bonds is 4. The molecule has 0 amide bonds. The molecule has 3 unspecified atom stereocenters. The highest BCUT2D eigenvalue weighted by Crippen LogP contribution is 2.36. The summed E-state index contributed by atoms with van der Waals surface area (Å²) in [6, 6.07) is 6.30. The Morgan fingerprint density at radius 2 is 2.33 bits per heavy atom. The number of nitrogens with one attached hydrogen (secondary N) is 1. The van der Waals surface area contributed by atoms with Crippen molar-refractivity contribution in [2.75, 3.05) is 17.7 Å². The van der Waals surface area contributed by atoms with Crippen LogP contribution in [-0.2, 0) is 4.74 Å². The van der Waals surface area contributed by atoms with Crippen LogP contribution < -0.4 is 15.8 Å². The zero-order chi connectivity index (χ0) is 12.5. The van der Waals surface area contributed by atoms with E-state index in [-0.39, 0.29) is 0 Å². The van der Waals surface area contributed by atoms with Gasteiger partial charge in [0.2, 0.25) is 0 Å². The van der Waals surface area contributed by atoms with Crippen LogP contribution in [0.15, 0.2) is 18.2 Å². The Balaban J connectivity index is 1.71. The third-order valence-electron chi connectivity index (χ3n) is 3.77. The molecule has 2 fully saturated rings. The molecule has 0 aromatic heterocycles. The monoisotopic (exact) mass is 248 g/mol. The number of ether oxygens (including phenoxy) is 2. The molecule has 4 nitrogen and oxygen atoms in total. The fraction of sp³-hybridized carbons (Fsp3) is 0.571. The molecule has 1 aromatic carbocycles. The van der Waals surface area contributed by atoms with Crippen molar-refractivity contribution >= 4 is 11.4 Å². The van der Waals surface area contributed by atoms with Gasteiger partial charge in [0.1, 0.15) is 5.75 Å². The van der Waals surface area contributed by atoms with Crippen LogP contribution in [-0.4, -0.2) is 24.9 Å². The third kappa shape index (κ3) is 2.12. The maximum Gasteiger partial charge on any atom is 0.144 e. The summed E-state index contributed by atoms with van der Waals surface area (Å²) in [5, 5.41) is 3.54. The van der Waals surface area contributed by atoms with Gasteiger partial charge in [0.05, 0.1) is 30.5 Å². The highest BCUT2D eigenvalue weighted by Gasteiger charge is 2.40. The third-order valence-corrected chi connectivity index (χ3v) is 3.77. The maximum absolute atomic E-state index is 5.87. The molecular formula is C14H20N2O2. The summed E-state index contributed by atoms with van der Waals surface area (Å²) in [4.78, 5) is 0. The molecule has 2 aliphatic heterocycles. The van der Waals surface area contributed by atoms with E-state index in [4.69, 9.17) is 15.2 Å². The van der Waals surface area contributed by atoms with Gasteiger partial charge in [-0.3, -0.25) is 0 Å². The lowest BCUT2D eigenvalue weighted by Gasteiger charge is -2.21. The van der Waals surface area contributed by atoms with E-state index in [9.17, 15) is 0 Å². The van der Waals surface area contributed by atoms with Crippen LogP contribution in [0.4, 0.5) is 11.4 Å². The van der Waals surface area contributed by atoms with Crippen molar-refractivity contribution in [2.45, 2.75) is 44.4 Å². The van der Waals surface area contributed by atoms with E-state index in [1.54, 1.807) is 0 Å². The van der Waals surface area contributed by atoms with E-state index < -0.39 is 0 Å². The second-order valence-electron chi connectivity index (χ2n) is 5.05. The van der Waals surface area contributed by atoms with Crippen molar-refractivity contribution in [3.63, 3.8) is 0 Å². The summed E-state index contributed by atoms with van der Waals surface area (Å²) in [6.45, 7) is 2.59. The summed E-state index contributed by atoms with van der Waals surface area (Å²) < 4.78 is 11.3. The zero-order valence-corrected chi connectivity index (χ0v) is 10.7. The molecule has 0 aliphatic carbocycles. The van der Waals surface area contributed by atoms with E-state index in [0.717, 1.165) is 17.9 Å². The minimum absolute atomic E-state index is 0.378. The van der Waals surface area contributed by atoms with Gasteiger partial charge in [0, 0.05) is 11.8 Å². The molecule has 0 radical (unpaired) electrons. The molecule has 2 bridgehead atoms. The van der Waals surface area contributed by atoms with Gasteiger partial charge in [-0.15, -0.1) is 0 Å². The van der Waals surface area contributed by atoms with Crippen molar-refractivity contribution in [2.24, 2.45) is 0 Å². The first-order valence-corrected chi connectivity index (χ1v) is 6.70. The van der Waals surface area contributed by atoms with E-state index in [1.807, 2.05) is 25.1 Å². The van der Waals surface area contributed by atoms with Crippen molar-refractivity contribution in [1.29, 1.82) is 0 Å². The lowest BCUT2D eigenvalue weighted by atomic mass is 9.95. The molecule has 1 aromatic rings. The first-order chi connectivity index (χ1) is 8.76. The fourth-order valence-corrected chi connectivity index (χ4v) is 2.91. The van der Waals surface area contributed by atoms with Gasteiger partial charge >= 0.3 is 0 Å². The minimum Gasteiger partial charge on any atom is -0.492 e. The summed E-state index contributed by atoms with van der Waals surface area (Å²) in [7, 11) is 0. The lowest BCUT2D eigenvalue weighted by Crippen LogP contribution is -2.30. The van der Waals surface area contributed by atoms with E-state index in [0.29, 0.717) is 30.5 Å². The van der Waals surface area contributed by atoms with E-state index in [1.165, 1.54) is 12.8 Å². The van der Waals surface area contributed by atoms with Crippen molar-refractivity contribution in [3.8, 4) is 5.75 Å². The number of benzene rings is 1.